The Kier molecular flexibility index (Phi) is 19.8. The van der Waals surface area contributed by atoms with Crippen LogP contribution in [0.25, 0.3) is 0 Å². The number of hydrogen-bond donors (Lipinski definition) is 4. The van der Waals surface area contributed by atoms with Crippen molar-refractivity contribution in [3.05, 3.63) is 0 Å². The summed E-state index contributed by atoms with van der Waals surface area (Å²) in [6.07, 6.45) is -1.19. The molecule has 0 amide bonds. The van der Waals surface area contributed by atoms with Crippen LogP contribution in [-0.2, 0) is 19.2 Å². The van der Waals surface area contributed by atoms with Gasteiger partial charge in [0.1, 0.15) is 0 Å². The first-order valence-electron chi connectivity index (χ1n) is 4.44. The number of carbonyl (C=O) groups is 4. The molecule has 0 aliphatic heterocycles. The summed E-state index contributed by atoms with van der Waals surface area (Å²) in [5.41, 5.74) is 9.55. The SMILES string of the molecule is N[C@@H](CC(=O)O)C(=O)[O-].N[C@@H](CC(=O)O)C(=O)[O-].O.[Ca+2]. The van der Waals surface area contributed by atoms with Crippen LogP contribution in [0.5, 0.6) is 0 Å². The first-order chi connectivity index (χ1) is 8.07. The number of nitrogens with two attached hydrogens (primary N) is 2. The smallest absolute Gasteiger partial charge is 0.548 e. The fourth-order valence-corrected chi connectivity index (χ4v) is 0.543. The molecule has 0 aromatic rings. The van der Waals surface area contributed by atoms with Crippen molar-refractivity contribution in [2.45, 2.75) is 24.9 Å². The van der Waals surface area contributed by atoms with E-state index < -0.39 is 48.8 Å². The van der Waals surface area contributed by atoms with Crippen LogP contribution in [0.2, 0.25) is 0 Å². The second-order valence-corrected chi connectivity index (χ2v) is 3.05. The Morgan fingerprint density at radius 2 is 1.05 bits per heavy atom. The van der Waals surface area contributed by atoms with Crippen LogP contribution in [0.4, 0.5) is 0 Å². The van der Waals surface area contributed by atoms with Crippen molar-refractivity contribution in [3.63, 3.8) is 0 Å². The summed E-state index contributed by atoms with van der Waals surface area (Å²) >= 11 is 0. The van der Waals surface area contributed by atoms with Gasteiger partial charge in [0.25, 0.3) is 0 Å². The molecule has 2 atom stereocenters. The predicted molar refractivity (Wildman–Crippen MR) is 59.8 cm³/mol. The minimum absolute atomic E-state index is 0. The van der Waals surface area contributed by atoms with E-state index in [2.05, 4.69) is 0 Å². The van der Waals surface area contributed by atoms with Gasteiger partial charge in [-0.25, -0.2) is 0 Å². The number of aliphatic carboxylic acids is 4. The summed E-state index contributed by atoms with van der Waals surface area (Å²) in [7, 11) is 0. The Labute approximate surface area is 142 Å². The van der Waals surface area contributed by atoms with Gasteiger partial charge in [-0.3, -0.25) is 9.59 Å². The van der Waals surface area contributed by atoms with Crippen LogP contribution in [0.3, 0.4) is 0 Å². The maximum atomic E-state index is 9.74. The van der Waals surface area contributed by atoms with Crippen LogP contribution in [0.1, 0.15) is 12.8 Å². The van der Waals surface area contributed by atoms with Gasteiger partial charge in [-0.15, -0.1) is 0 Å². The third-order valence-corrected chi connectivity index (χ3v) is 1.39. The summed E-state index contributed by atoms with van der Waals surface area (Å²) in [6, 6.07) is -2.80. The summed E-state index contributed by atoms with van der Waals surface area (Å²) in [6.45, 7) is 0. The Bertz CT molecular complexity index is 304. The van der Waals surface area contributed by atoms with E-state index >= 15 is 0 Å². The van der Waals surface area contributed by atoms with Gasteiger partial charge in [-0.2, -0.15) is 0 Å². The molecule has 0 saturated heterocycles. The Balaban J connectivity index is -0.000000116. The molecule has 0 aliphatic carbocycles. The number of carboxylic acid groups (broad SMARTS) is 4. The average Bonchev–Trinajstić information content (AvgIpc) is 2.16. The van der Waals surface area contributed by atoms with Gasteiger partial charge < -0.3 is 47.0 Å². The fourth-order valence-electron chi connectivity index (χ4n) is 0.543. The number of rotatable bonds is 6. The minimum Gasteiger partial charge on any atom is -0.548 e. The Hall–Kier alpha value is -0.980. The molecule has 0 aromatic heterocycles. The van der Waals surface area contributed by atoms with E-state index in [0.29, 0.717) is 0 Å². The molecular formula is C8H14CaN2O9. The summed E-state index contributed by atoms with van der Waals surface area (Å²) in [4.78, 5) is 39.0. The molecule has 0 saturated carbocycles. The number of carboxylic acids is 4. The van der Waals surface area contributed by atoms with Crippen molar-refractivity contribution in [1.29, 1.82) is 0 Å². The molecule has 0 aromatic carbocycles. The van der Waals surface area contributed by atoms with Gasteiger partial charge in [0.05, 0.1) is 36.9 Å². The molecule has 0 spiro atoms. The molecule has 112 valence electrons. The van der Waals surface area contributed by atoms with E-state index in [1.807, 2.05) is 0 Å². The maximum Gasteiger partial charge on any atom is 2.00 e. The van der Waals surface area contributed by atoms with Crippen molar-refractivity contribution in [2.24, 2.45) is 11.5 Å². The molecule has 8 N–H and O–H groups in total. The van der Waals surface area contributed by atoms with Crippen molar-refractivity contribution in [2.75, 3.05) is 0 Å². The van der Waals surface area contributed by atoms with Crippen LogP contribution in [-0.4, -0.2) is 89.4 Å². The molecule has 0 rings (SSSR count). The van der Waals surface area contributed by atoms with Crippen LogP contribution >= 0.6 is 0 Å². The Morgan fingerprint density at radius 1 is 0.850 bits per heavy atom. The van der Waals surface area contributed by atoms with E-state index in [-0.39, 0.29) is 43.2 Å². The average molecular weight is 322 g/mol. The zero-order chi connectivity index (χ0) is 14.9. The summed E-state index contributed by atoms with van der Waals surface area (Å²) in [5.74, 6) is -5.58. The largest absolute Gasteiger partial charge is 2.00 e. The zero-order valence-corrected chi connectivity index (χ0v) is 12.5. The molecule has 0 bridgehead atoms. The van der Waals surface area contributed by atoms with E-state index in [9.17, 15) is 29.4 Å². The second kappa shape index (κ2) is 14.4. The Morgan fingerprint density at radius 3 is 1.10 bits per heavy atom. The molecule has 0 radical (unpaired) electrons. The third kappa shape index (κ3) is 19.4. The van der Waals surface area contributed by atoms with Gasteiger partial charge in [0.15, 0.2) is 0 Å². The molecule has 12 heteroatoms. The monoisotopic (exact) mass is 322 g/mol. The molecule has 0 fully saturated rings. The first kappa shape index (κ1) is 27.4. The van der Waals surface area contributed by atoms with Crippen molar-refractivity contribution >= 4 is 61.6 Å². The van der Waals surface area contributed by atoms with Crippen molar-refractivity contribution in [3.8, 4) is 0 Å². The summed E-state index contributed by atoms with van der Waals surface area (Å²) in [5, 5.41) is 35.4. The molecule has 11 nitrogen and oxygen atoms in total. The zero-order valence-electron chi connectivity index (χ0n) is 10.3. The minimum atomic E-state index is -1.54. The standard InChI is InChI=1S/2C4H7NO4.Ca.H2O/c2*5-2(4(8)9)1-3(6)7;;/h2*2H,1,5H2,(H,6,7)(H,8,9);;1H2/q;;+2;/p-2/t2*2-;;/m00../s1. The fraction of sp³-hybridized carbons (Fsp3) is 0.500. The summed E-state index contributed by atoms with van der Waals surface area (Å²) < 4.78 is 0. The first-order valence-corrected chi connectivity index (χ1v) is 4.44. The van der Waals surface area contributed by atoms with Gasteiger partial charge in [-0.05, 0) is 0 Å². The van der Waals surface area contributed by atoms with Gasteiger partial charge in [-0.1, -0.05) is 0 Å². The normalized spacial score (nSPS) is 11.3. The quantitative estimate of drug-likeness (QED) is 0.337. The molecule has 0 aliphatic rings. The van der Waals surface area contributed by atoms with Crippen LogP contribution in [0.15, 0.2) is 0 Å². The molecule has 20 heavy (non-hydrogen) atoms. The number of hydrogen-bond acceptors (Lipinski definition) is 8. The molecular weight excluding hydrogens is 308 g/mol. The maximum absolute atomic E-state index is 9.74. The van der Waals surface area contributed by atoms with Crippen molar-refractivity contribution < 1.29 is 45.1 Å². The van der Waals surface area contributed by atoms with Gasteiger partial charge in [0.2, 0.25) is 0 Å². The van der Waals surface area contributed by atoms with Crippen LogP contribution in [0, 0.1) is 0 Å². The van der Waals surface area contributed by atoms with Gasteiger partial charge in [0, 0.05) is 0 Å². The molecule has 0 heterocycles. The number of carbonyl (C=O) groups excluding carboxylic acids is 2. The van der Waals surface area contributed by atoms with Gasteiger partial charge >= 0.3 is 49.7 Å². The van der Waals surface area contributed by atoms with E-state index in [4.69, 9.17) is 21.7 Å². The third-order valence-electron chi connectivity index (χ3n) is 1.39. The van der Waals surface area contributed by atoms with E-state index in [1.54, 1.807) is 0 Å². The van der Waals surface area contributed by atoms with Crippen molar-refractivity contribution in [1.82, 2.24) is 0 Å². The molecule has 0 unspecified atom stereocenters. The van der Waals surface area contributed by atoms with Crippen LogP contribution < -0.4 is 21.7 Å². The topological polar surface area (TPSA) is 238 Å². The predicted octanol–water partition coefficient (Wildman–Crippen LogP) is -6.13. The van der Waals surface area contributed by atoms with E-state index in [0.717, 1.165) is 0 Å². The van der Waals surface area contributed by atoms with E-state index in [1.165, 1.54) is 0 Å². The second-order valence-electron chi connectivity index (χ2n) is 3.05.